The number of carbonyl (C=O) groups excluding carboxylic acids is 1. The van der Waals surface area contributed by atoms with E-state index in [1.807, 2.05) is 60.7 Å². The van der Waals surface area contributed by atoms with Gasteiger partial charge in [-0.3, -0.25) is 9.69 Å². The smallest absolute Gasteiger partial charge is 0.265 e. The number of hydrogen-bond acceptors (Lipinski definition) is 1. The summed E-state index contributed by atoms with van der Waals surface area (Å²) in [6.07, 6.45) is 0. The third-order valence-corrected chi connectivity index (χ3v) is 12.0. The standard InChI is InChI=1S/C25H33NOSi/c1-20(2)28(21(3)4,22(5)6)18-17-26(19-23-13-9-7-10-14-23)25(27)24-15-11-8-12-16-24/h7-16,20-22H,19H2,1-6H3. The molecule has 0 saturated heterocycles. The number of hydrogen-bond donors (Lipinski definition) is 0. The van der Waals surface area contributed by atoms with E-state index in [1.54, 1.807) is 4.90 Å². The van der Waals surface area contributed by atoms with Crippen LogP contribution < -0.4 is 0 Å². The lowest BCUT2D eigenvalue weighted by Crippen LogP contribution is -2.44. The van der Waals surface area contributed by atoms with Crippen LogP contribution in [0.25, 0.3) is 0 Å². The van der Waals surface area contributed by atoms with E-state index in [2.05, 4.69) is 53.1 Å². The van der Waals surface area contributed by atoms with Gasteiger partial charge >= 0.3 is 0 Å². The van der Waals surface area contributed by atoms with Crippen molar-refractivity contribution in [2.75, 3.05) is 0 Å². The minimum atomic E-state index is -1.91. The molecule has 0 fully saturated rings. The molecule has 2 aromatic rings. The molecule has 0 aliphatic rings. The zero-order valence-corrected chi connectivity index (χ0v) is 19.1. The molecule has 148 valence electrons. The Labute approximate surface area is 172 Å². The van der Waals surface area contributed by atoms with Gasteiger partial charge in [0, 0.05) is 11.6 Å². The van der Waals surface area contributed by atoms with Crippen molar-refractivity contribution in [3.63, 3.8) is 0 Å². The molecular formula is C25H33NOSi. The largest absolute Gasteiger partial charge is 0.268 e. The van der Waals surface area contributed by atoms with Gasteiger partial charge in [0.2, 0.25) is 0 Å². The van der Waals surface area contributed by atoms with Crippen LogP contribution in [0.3, 0.4) is 0 Å². The predicted molar refractivity (Wildman–Crippen MR) is 122 cm³/mol. The lowest BCUT2D eigenvalue weighted by Gasteiger charge is -2.38. The zero-order valence-electron chi connectivity index (χ0n) is 18.1. The van der Waals surface area contributed by atoms with E-state index in [9.17, 15) is 4.79 Å². The minimum absolute atomic E-state index is 0.0314. The molecule has 0 atom stereocenters. The molecule has 0 aromatic heterocycles. The van der Waals surface area contributed by atoms with Crippen LogP contribution in [0.15, 0.2) is 60.7 Å². The van der Waals surface area contributed by atoms with Crippen LogP contribution in [0.4, 0.5) is 0 Å². The van der Waals surface area contributed by atoms with Crippen molar-refractivity contribution >= 4 is 14.0 Å². The molecule has 3 heteroatoms. The molecule has 0 aliphatic carbocycles. The predicted octanol–water partition coefficient (Wildman–Crippen LogP) is 6.51. The second kappa shape index (κ2) is 9.75. The molecule has 0 bridgehead atoms. The lowest BCUT2D eigenvalue weighted by molar-refractivity contribution is 0.0827. The fourth-order valence-electron chi connectivity index (χ4n) is 4.26. The summed E-state index contributed by atoms with van der Waals surface area (Å²) < 4.78 is 0. The maximum absolute atomic E-state index is 13.2. The average molecular weight is 392 g/mol. The third kappa shape index (κ3) is 4.94. The topological polar surface area (TPSA) is 20.3 Å². The molecule has 0 spiro atoms. The van der Waals surface area contributed by atoms with Crippen molar-refractivity contribution < 1.29 is 4.79 Å². The number of benzene rings is 2. The summed E-state index contributed by atoms with van der Waals surface area (Å²) in [4.78, 5) is 14.9. The highest BCUT2D eigenvalue weighted by molar-refractivity contribution is 6.90. The molecule has 2 rings (SSSR count). The van der Waals surface area contributed by atoms with Gasteiger partial charge in [-0.25, -0.2) is 0 Å². The molecule has 2 nitrogen and oxygen atoms in total. The first-order valence-electron chi connectivity index (χ1n) is 10.2. The Morgan fingerprint density at radius 3 is 1.75 bits per heavy atom. The summed E-state index contributed by atoms with van der Waals surface area (Å²) in [7, 11) is -1.91. The monoisotopic (exact) mass is 391 g/mol. The number of amides is 1. The Hall–Kier alpha value is -2.31. The van der Waals surface area contributed by atoms with E-state index < -0.39 is 8.07 Å². The van der Waals surface area contributed by atoms with Crippen LogP contribution in [-0.2, 0) is 6.54 Å². The van der Waals surface area contributed by atoms with Crippen molar-refractivity contribution in [2.24, 2.45) is 0 Å². The van der Waals surface area contributed by atoms with E-state index in [0.717, 1.165) is 5.56 Å². The summed E-state index contributed by atoms with van der Waals surface area (Å²) in [6, 6.07) is 22.9. The van der Waals surface area contributed by atoms with Gasteiger partial charge in [-0.2, -0.15) is 0 Å². The first kappa shape index (κ1) is 22.0. The summed E-state index contributed by atoms with van der Waals surface area (Å²) >= 11 is 0. The van der Waals surface area contributed by atoms with Crippen molar-refractivity contribution in [3.8, 4) is 11.6 Å². The molecule has 1 amide bonds. The molecular weight excluding hydrogens is 358 g/mol. The van der Waals surface area contributed by atoms with E-state index in [0.29, 0.717) is 28.7 Å². The Bertz CT molecular complexity index is 794. The number of carbonyl (C=O) groups is 1. The fourth-order valence-corrected chi connectivity index (χ4v) is 9.46. The molecule has 2 aromatic carbocycles. The zero-order chi connectivity index (χ0) is 20.7. The molecule has 0 unspecified atom stereocenters. The highest BCUT2D eigenvalue weighted by Crippen LogP contribution is 2.40. The highest BCUT2D eigenvalue weighted by atomic mass is 28.3. The Kier molecular flexibility index (Phi) is 7.66. The number of rotatable bonds is 6. The van der Waals surface area contributed by atoms with Gasteiger partial charge in [0.15, 0.2) is 0 Å². The normalized spacial score (nSPS) is 11.5. The summed E-state index contributed by atoms with van der Waals surface area (Å²) in [6.45, 7) is 14.3. The van der Waals surface area contributed by atoms with Crippen LogP contribution in [0.5, 0.6) is 0 Å². The van der Waals surface area contributed by atoms with Crippen LogP contribution in [0, 0.1) is 11.6 Å². The van der Waals surface area contributed by atoms with Gasteiger partial charge in [-0.15, -0.1) is 5.54 Å². The van der Waals surface area contributed by atoms with E-state index in [4.69, 9.17) is 0 Å². The van der Waals surface area contributed by atoms with Crippen molar-refractivity contribution in [3.05, 3.63) is 71.8 Å². The van der Waals surface area contributed by atoms with Gasteiger partial charge in [0.05, 0.1) is 6.54 Å². The van der Waals surface area contributed by atoms with Crippen molar-refractivity contribution in [1.82, 2.24) is 4.90 Å². The third-order valence-electron chi connectivity index (χ3n) is 5.72. The molecule has 0 aliphatic heterocycles. The Morgan fingerprint density at radius 2 is 1.29 bits per heavy atom. The number of nitrogens with zero attached hydrogens (tertiary/aromatic N) is 1. The first-order valence-corrected chi connectivity index (χ1v) is 12.5. The SMILES string of the molecule is CC(C)[Si](C#CN(Cc1ccccc1)C(=O)c1ccccc1)(C(C)C)C(C)C. The van der Waals surface area contributed by atoms with Gasteiger partial charge in [0.25, 0.3) is 5.91 Å². The van der Waals surface area contributed by atoms with E-state index >= 15 is 0 Å². The minimum Gasteiger partial charge on any atom is -0.268 e. The maximum atomic E-state index is 13.2. The summed E-state index contributed by atoms with van der Waals surface area (Å²) in [5.74, 6) is -0.0314. The van der Waals surface area contributed by atoms with Gasteiger partial charge < -0.3 is 0 Å². The second-order valence-corrected chi connectivity index (χ2v) is 14.0. The van der Waals surface area contributed by atoms with Crippen molar-refractivity contribution in [2.45, 2.75) is 64.7 Å². The fraction of sp³-hybridized carbons (Fsp3) is 0.400. The first-order chi connectivity index (χ1) is 13.3. The van der Waals surface area contributed by atoms with Crippen LogP contribution >= 0.6 is 0 Å². The van der Waals surface area contributed by atoms with Gasteiger partial charge in [0.1, 0.15) is 8.07 Å². The quantitative estimate of drug-likeness (QED) is 0.312. The lowest BCUT2D eigenvalue weighted by atomic mass is 10.1. The Morgan fingerprint density at radius 1 is 0.821 bits per heavy atom. The second-order valence-electron chi connectivity index (χ2n) is 8.38. The Balaban J connectivity index is 2.47. The van der Waals surface area contributed by atoms with Gasteiger partial charge in [-0.1, -0.05) is 90.1 Å². The average Bonchev–Trinajstić information content (AvgIpc) is 2.67. The summed E-state index contributed by atoms with van der Waals surface area (Å²) in [5, 5.41) is 0. The molecule has 0 saturated carbocycles. The molecule has 0 radical (unpaired) electrons. The molecule has 0 N–H and O–H groups in total. The van der Waals surface area contributed by atoms with Crippen molar-refractivity contribution in [1.29, 1.82) is 0 Å². The van der Waals surface area contributed by atoms with E-state index in [-0.39, 0.29) is 5.91 Å². The van der Waals surface area contributed by atoms with Gasteiger partial charge in [-0.05, 0) is 34.3 Å². The summed E-state index contributed by atoms with van der Waals surface area (Å²) in [5.41, 5.74) is 7.06. The van der Waals surface area contributed by atoms with Crippen LogP contribution in [0.1, 0.15) is 57.5 Å². The van der Waals surface area contributed by atoms with Crippen LogP contribution in [0.2, 0.25) is 16.6 Å². The highest BCUT2D eigenvalue weighted by Gasteiger charge is 2.42. The van der Waals surface area contributed by atoms with Crippen LogP contribution in [-0.4, -0.2) is 18.9 Å². The molecule has 0 heterocycles. The van der Waals surface area contributed by atoms with E-state index in [1.165, 1.54) is 0 Å². The molecule has 28 heavy (non-hydrogen) atoms. The maximum Gasteiger partial charge on any atom is 0.265 e.